The maximum absolute atomic E-state index is 5.84. The summed E-state index contributed by atoms with van der Waals surface area (Å²) in [6.45, 7) is 4.26. The first kappa shape index (κ1) is 11.5. The monoisotopic (exact) mass is 219 g/mol. The molecule has 2 nitrogen and oxygen atoms in total. The Bertz CT molecular complexity index is 362. The summed E-state index contributed by atoms with van der Waals surface area (Å²) in [6.07, 6.45) is 3.73. The first-order valence-electron chi connectivity index (χ1n) is 6.21. The van der Waals surface area contributed by atoms with E-state index in [0.717, 1.165) is 12.2 Å². The molecule has 1 aliphatic rings. The number of rotatable bonds is 4. The van der Waals surface area contributed by atoms with E-state index in [9.17, 15) is 0 Å². The number of ether oxygens (including phenoxy) is 1. The van der Waals surface area contributed by atoms with Crippen molar-refractivity contribution in [3.05, 3.63) is 29.3 Å². The van der Waals surface area contributed by atoms with Crippen LogP contribution >= 0.6 is 0 Å². The fourth-order valence-corrected chi connectivity index (χ4v) is 2.28. The smallest absolute Gasteiger partial charge is 0.119 e. The molecule has 1 aromatic carbocycles. The van der Waals surface area contributed by atoms with Crippen molar-refractivity contribution in [2.75, 3.05) is 7.05 Å². The minimum absolute atomic E-state index is 0.305. The Kier molecular flexibility index (Phi) is 3.49. The van der Waals surface area contributed by atoms with Crippen LogP contribution in [-0.4, -0.2) is 13.2 Å². The Morgan fingerprint density at radius 3 is 3.00 bits per heavy atom. The summed E-state index contributed by atoms with van der Waals surface area (Å²) in [5.41, 5.74) is 2.89. The Hall–Kier alpha value is -1.02. The van der Waals surface area contributed by atoms with E-state index < -0.39 is 0 Å². The summed E-state index contributed by atoms with van der Waals surface area (Å²) in [6, 6.07) is 7.05. The van der Waals surface area contributed by atoms with E-state index in [0.29, 0.717) is 12.1 Å². The Balaban J connectivity index is 2.15. The fourth-order valence-electron chi connectivity index (χ4n) is 2.28. The highest BCUT2D eigenvalue weighted by Crippen LogP contribution is 2.33. The molecular formula is C14H21NO. The number of hydrogen-bond donors (Lipinski definition) is 1. The van der Waals surface area contributed by atoms with E-state index in [1.807, 2.05) is 7.05 Å². The van der Waals surface area contributed by atoms with Crippen LogP contribution in [0.15, 0.2) is 18.2 Å². The van der Waals surface area contributed by atoms with Crippen molar-refractivity contribution in [1.82, 2.24) is 5.32 Å². The highest BCUT2D eigenvalue weighted by molar-refractivity contribution is 5.40. The molecule has 0 heterocycles. The molecule has 2 atom stereocenters. The van der Waals surface area contributed by atoms with Gasteiger partial charge in [0, 0.05) is 6.04 Å². The van der Waals surface area contributed by atoms with Crippen LogP contribution in [0.25, 0.3) is 0 Å². The highest BCUT2D eigenvalue weighted by atomic mass is 16.5. The number of benzene rings is 1. The van der Waals surface area contributed by atoms with Gasteiger partial charge in [-0.2, -0.15) is 0 Å². The molecule has 1 N–H and O–H groups in total. The summed E-state index contributed by atoms with van der Waals surface area (Å²) in [5.74, 6) is 1.02. The molecule has 0 saturated heterocycles. The van der Waals surface area contributed by atoms with Gasteiger partial charge in [0.1, 0.15) is 5.75 Å². The van der Waals surface area contributed by atoms with Gasteiger partial charge in [0.25, 0.3) is 0 Å². The third-order valence-electron chi connectivity index (χ3n) is 3.45. The average Bonchev–Trinajstić information content (AvgIpc) is 2.71. The number of nitrogens with one attached hydrogen (secondary N) is 1. The fraction of sp³-hybridized carbons (Fsp3) is 0.571. The SMILES string of the molecule is CCC(C)Oc1ccc2c(c1)CCC2NC. The zero-order valence-electron chi connectivity index (χ0n) is 10.4. The molecule has 0 saturated carbocycles. The molecule has 0 aliphatic heterocycles. The number of hydrogen-bond acceptors (Lipinski definition) is 2. The molecule has 2 heteroatoms. The van der Waals surface area contributed by atoms with Crippen molar-refractivity contribution in [1.29, 1.82) is 0 Å². The van der Waals surface area contributed by atoms with Gasteiger partial charge in [-0.05, 0) is 56.5 Å². The molecule has 16 heavy (non-hydrogen) atoms. The van der Waals surface area contributed by atoms with Gasteiger partial charge in [0.15, 0.2) is 0 Å². The Morgan fingerprint density at radius 1 is 1.50 bits per heavy atom. The van der Waals surface area contributed by atoms with Gasteiger partial charge in [-0.3, -0.25) is 0 Å². The zero-order valence-corrected chi connectivity index (χ0v) is 10.4. The lowest BCUT2D eigenvalue weighted by atomic mass is 10.1. The predicted molar refractivity (Wildman–Crippen MR) is 66.9 cm³/mol. The first-order chi connectivity index (χ1) is 7.74. The molecule has 0 fully saturated rings. The van der Waals surface area contributed by atoms with Gasteiger partial charge in [0.05, 0.1) is 6.10 Å². The van der Waals surface area contributed by atoms with Crippen LogP contribution in [0.5, 0.6) is 5.75 Å². The molecule has 0 spiro atoms. The van der Waals surface area contributed by atoms with E-state index in [4.69, 9.17) is 4.74 Å². The molecule has 88 valence electrons. The number of fused-ring (bicyclic) bond motifs is 1. The highest BCUT2D eigenvalue weighted by Gasteiger charge is 2.21. The van der Waals surface area contributed by atoms with Crippen LogP contribution in [0.3, 0.4) is 0 Å². The van der Waals surface area contributed by atoms with Crippen LogP contribution in [0.2, 0.25) is 0 Å². The lowest BCUT2D eigenvalue weighted by molar-refractivity contribution is 0.217. The van der Waals surface area contributed by atoms with Gasteiger partial charge in [-0.15, -0.1) is 0 Å². The van der Waals surface area contributed by atoms with Crippen molar-refractivity contribution in [2.45, 2.75) is 45.3 Å². The van der Waals surface area contributed by atoms with Gasteiger partial charge in [0.2, 0.25) is 0 Å². The summed E-state index contributed by atoms with van der Waals surface area (Å²) in [7, 11) is 2.03. The largest absolute Gasteiger partial charge is 0.491 e. The average molecular weight is 219 g/mol. The normalized spacial score (nSPS) is 20.6. The van der Waals surface area contributed by atoms with Crippen molar-refractivity contribution in [3.63, 3.8) is 0 Å². The second kappa shape index (κ2) is 4.88. The lowest BCUT2D eigenvalue weighted by Crippen LogP contribution is -2.13. The van der Waals surface area contributed by atoms with Crippen LogP contribution < -0.4 is 10.1 Å². The quantitative estimate of drug-likeness (QED) is 0.840. The van der Waals surface area contributed by atoms with Gasteiger partial charge >= 0.3 is 0 Å². The van der Waals surface area contributed by atoms with Crippen LogP contribution in [0.1, 0.15) is 43.9 Å². The molecule has 1 aromatic rings. The van der Waals surface area contributed by atoms with Gasteiger partial charge in [-0.1, -0.05) is 13.0 Å². The summed E-state index contributed by atoms with van der Waals surface area (Å²) in [5, 5.41) is 3.35. The molecule has 2 rings (SSSR count). The van der Waals surface area contributed by atoms with E-state index in [1.165, 1.54) is 24.0 Å². The minimum atomic E-state index is 0.305. The number of aryl methyl sites for hydroxylation is 1. The molecular weight excluding hydrogens is 198 g/mol. The van der Waals surface area contributed by atoms with Gasteiger partial charge < -0.3 is 10.1 Å². The Labute approximate surface area is 98.0 Å². The van der Waals surface area contributed by atoms with Crippen molar-refractivity contribution < 1.29 is 4.74 Å². The molecule has 0 aromatic heterocycles. The van der Waals surface area contributed by atoms with Gasteiger partial charge in [-0.25, -0.2) is 0 Å². The molecule has 2 unspecified atom stereocenters. The zero-order chi connectivity index (χ0) is 11.5. The van der Waals surface area contributed by atoms with Crippen molar-refractivity contribution in [2.24, 2.45) is 0 Å². The minimum Gasteiger partial charge on any atom is -0.491 e. The molecule has 1 aliphatic carbocycles. The molecule has 0 amide bonds. The van der Waals surface area contributed by atoms with E-state index in [2.05, 4.69) is 37.4 Å². The predicted octanol–water partition coefficient (Wildman–Crippen LogP) is 3.07. The van der Waals surface area contributed by atoms with Crippen LogP contribution in [-0.2, 0) is 6.42 Å². The third-order valence-corrected chi connectivity index (χ3v) is 3.45. The second-order valence-corrected chi connectivity index (χ2v) is 4.58. The summed E-state index contributed by atoms with van der Waals surface area (Å²) >= 11 is 0. The summed E-state index contributed by atoms with van der Waals surface area (Å²) < 4.78 is 5.84. The van der Waals surface area contributed by atoms with Crippen molar-refractivity contribution >= 4 is 0 Å². The third kappa shape index (κ3) is 2.22. The van der Waals surface area contributed by atoms with E-state index in [1.54, 1.807) is 0 Å². The standard InChI is InChI=1S/C14H21NO/c1-4-10(2)16-12-6-7-13-11(9-12)5-8-14(13)15-3/h6-7,9-10,14-15H,4-5,8H2,1-3H3. The summed E-state index contributed by atoms with van der Waals surface area (Å²) in [4.78, 5) is 0. The maximum Gasteiger partial charge on any atom is 0.119 e. The molecule has 0 radical (unpaired) electrons. The van der Waals surface area contributed by atoms with Crippen LogP contribution in [0, 0.1) is 0 Å². The Morgan fingerprint density at radius 2 is 2.31 bits per heavy atom. The van der Waals surface area contributed by atoms with Crippen molar-refractivity contribution in [3.8, 4) is 5.75 Å². The van der Waals surface area contributed by atoms with E-state index >= 15 is 0 Å². The second-order valence-electron chi connectivity index (χ2n) is 4.58. The van der Waals surface area contributed by atoms with Crippen LogP contribution in [0.4, 0.5) is 0 Å². The topological polar surface area (TPSA) is 21.3 Å². The molecule has 0 bridgehead atoms. The first-order valence-corrected chi connectivity index (χ1v) is 6.21. The van der Waals surface area contributed by atoms with E-state index in [-0.39, 0.29) is 0 Å². The lowest BCUT2D eigenvalue weighted by Gasteiger charge is -2.14. The maximum atomic E-state index is 5.84.